The molecule has 0 bridgehead atoms. The van der Waals surface area contributed by atoms with E-state index in [1.807, 2.05) is 6.07 Å². The zero-order valence-electron chi connectivity index (χ0n) is 12.5. The third kappa shape index (κ3) is 2.52. The number of halogens is 2. The smallest absolute Gasteiger partial charge is 0.282 e. The number of hydrazine groups is 1. The lowest BCUT2D eigenvalue weighted by atomic mass is 10.1. The van der Waals surface area contributed by atoms with Gasteiger partial charge in [-0.2, -0.15) is 0 Å². The molecule has 1 atom stereocenters. The molecule has 24 heavy (non-hydrogen) atoms. The molecule has 9 heteroatoms. The van der Waals surface area contributed by atoms with Crippen LogP contribution in [0.2, 0.25) is 0 Å². The lowest BCUT2D eigenvalue weighted by Gasteiger charge is -2.39. The number of rotatable bonds is 3. The molecule has 0 aromatic carbocycles. The Morgan fingerprint density at radius 2 is 2.04 bits per heavy atom. The maximum atomic E-state index is 13.0. The first-order valence-corrected chi connectivity index (χ1v) is 7.32. The number of nitrogens with zero attached hydrogens (tertiary/aromatic N) is 5. The van der Waals surface area contributed by atoms with Crippen molar-refractivity contribution in [3.63, 3.8) is 0 Å². The first-order valence-electron chi connectivity index (χ1n) is 7.32. The number of hydrogen-bond acceptors (Lipinski definition) is 7. The Hall–Kier alpha value is -2.81. The van der Waals surface area contributed by atoms with Gasteiger partial charge in [0.05, 0.1) is 13.1 Å². The van der Waals surface area contributed by atoms with Crippen LogP contribution in [-0.4, -0.2) is 45.3 Å². The number of pyridine rings is 1. The highest BCUT2D eigenvalue weighted by Gasteiger charge is 2.44. The summed E-state index contributed by atoms with van der Waals surface area (Å²) in [7, 11) is 0. The van der Waals surface area contributed by atoms with Gasteiger partial charge < -0.3 is 15.4 Å². The highest BCUT2D eigenvalue weighted by molar-refractivity contribution is 5.73. The number of hydrogen-bond donors (Lipinski definition) is 2. The van der Waals surface area contributed by atoms with E-state index < -0.39 is 12.2 Å². The molecule has 0 radical (unpaired) electrons. The number of nitrogens with one attached hydrogen (secondary N) is 1. The Morgan fingerprint density at radius 1 is 1.25 bits per heavy atom. The molecular formula is C15H14F2N6O. The van der Waals surface area contributed by atoms with Crippen LogP contribution in [0, 0.1) is 0 Å². The van der Waals surface area contributed by atoms with Gasteiger partial charge >= 0.3 is 0 Å². The zero-order valence-corrected chi connectivity index (χ0v) is 12.5. The zero-order chi connectivity index (χ0) is 16.7. The fourth-order valence-corrected chi connectivity index (χ4v) is 2.70. The standard InChI is InChI=1S/C15H14F2N6O/c16-15(17)7-22(8-15)12-4-13(20-9-19-12)23-14(24)11(6-21-23)10-2-1-3-18-5-10/h1-6,9,14,21,24H,7-8H2. The third-order valence-corrected chi connectivity index (χ3v) is 3.93. The molecule has 0 amide bonds. The van der Waals surface area contributed by atoms with Gasteiger partial charge in [-0.25, -0.2) is 23.8 Å². The second-order valence-corrected chi connectivity index (χ2v) is 5.66. The van der Waals surface area contributed by atoms with Crippen molar-refractivity contribution in [3.8, 4) is 0 Å². The number of aromatic nitrogens is 3. The molecule has 1 saturated heterocycles. The van der Waals surface area contributed by atoms with Crippen LogP contribution in [-0.2, 0) is 0 Å². The Labute approximate surface area is 136 Å². The second-order valence-electron chi connectivity index (χ2n) is 5.66. The second kappa shape index (κ2) is 5.38. The highest BCUT2D eigenvalue weighted by Crippen LogP contribution is 2.33. The molecule has 2 aromatic heterocycles. The normalized spacial score (nSPS) is 22.0. The Morgan fingerprint density at radius 3 is 2.75 bits per heavy atom. The van der Waals surface area contributed by atoms with E-state index in [0.717, 1.165) is 5.56 Å². The van der Waals surface area contributed by atoms with Crippen LogP contribution < -0.4 is 15.3 Å². The molecular weight excluding hydrogens is 318 g/mol. The number of anilines is 2. The van der Waals surface area contributed by atoms with Gasteiger partial charge in [0.1, 0.15) is 12.1 Å². The first-order chi connectivity index (χ1) is 11.5. The van der Waals surface area contributed by atoms with E-state index in [1.54, 1.807) is 30.7 Å². The van der Waals surface area contributed by atoms with Crippen LogP contribution in [0.4, 0.5) is 20.4 Å². The van der Waals surface area contributed by atoms with Gasteiger partial charge in [-0.3, -0.25) is 4.98 Å². The number of aliphatic hydroxyl groups is 1. The van der Waals surface area contributed by atoms with Gasteiger partial charge in [-0.05, 0) is 6.07 Å². The minimum atomic E-state index is -2.68. The molecule has 2 aliphatic rings. The Kier molecular flexibility index (Phi) is 3.31. The Balaban J connectivity index is 1.53. The van der Waals surface area contributed by atoms with Gasteiger partial charge in [0.2, 0.25) is 0 Å². The summed E-state index contributed by atoms with van der Waals surface area (Å²) in [5.74, 6) is -1.89. The molecule has 4 rings (SSSR count). The van der Waals surface area contributed by atoms with Crippen molar-refractivity contribution >= 4 is 17.2 Å². The summed E-state index contributed by atoms with van der Waals surface area (Å²) < 4.78 is 26.0. The monoisotopic (exact) mass is 332 g/mol. The van der Waals surface area contributed by atoms with Gasteiger partial charge in [0.15, 0.2) is 12.0 Å². The summed E-state index contributed by atoms with van der Waals surface area (Å²) in [6.07, 6.45) is 5.26. The highest BCUT2D eigenvalue weighted by atomic mass is 19.3. The lowest BCUT2D eigenvalue weighted by molar-refractivity contribution is -0.0267. The largest absolute Gasteiger partial charge is 0.368 e. The van der Waals surface area contributed by atoms with E-state index in [9.17, 15) is 13.9 Å². The lowest BCUT2D eigenvalue weighted by Crippen LogP contribution is -2.56. The molecule has 2 aromatic rings. The molecule has 2 aliphatic heterocycles. The van der Waals surface area contributed by atoms with E-state index in [4.69, 9.17) is 0 Å². The fraction of sp³-hybridized carbons (Fsp3) is 0.267. The summed E-state index contributed by atoms with van der Waals surface area (Å²) in [6, 6.07) is 5.17. The topological polar surface area (TPSA) is 77.4 Å². The van der Waals surface area contributed by atoms with E-state index in [2.05, 4.69) is 20.4 Å². The van der Waals surface area contributed by atoms with Crippen LogP contribution >= 0.6 is 0 Å². The Bertz CT molecular complexity index is 777. The van der Waals surface area contributed by atoms with Gasteiger partial charge in [-0.15, -0.1) is 0 Å². The van der Waals surface area contributed by atoms with Crippen molar-refractivity contribution in [2.45, 2.75) is 12.2 Å². The van der Waals surface area contributed by atoms with Crippen LogP contribution in [0.5, 0.6) is 0 Å². The van der Waals surface area contributed by atoms with Gasteiger partial charge in [0, 0.05) is 35.8 Å². The molecule has 0 spiro atoms. The quantitative estimate of drug-likeness (QED) is 0.869. The van der Waals surface area contributed by atoms with Crippen molar-refractivity contribution in [3.05, 3.63) is 48.7 Å². The van der Waals surface area contributed by atoms with Crippen molar-refractivity contribution in [2.75, 3.05) is 23.0 Å². The van der Waals surface area contributed by atoms with Gasteiger partial charge in [0.25, 0.3) is 5.92 Å². The van der Waals surface area contributed by atoms with Crippen LogP contribution in [0.15, 0.2) is 43.1 Å². The first kappa shape index (κ1) is 14.8. The van der Waals surface area contributed by atoms with E-state index in [1.165, 1.54) is 16.2 Å². The maximum absolute atomic E-state index is 13.0. The van der Waals surface area contributed by atoms with Crippen molar-refractivity contribution in [1.82, 2.24) is 20.4 Å². The predicted octanol–water partition coefficient (Wildman–Crippen LogP) is 1.01. The van der Waals surface area contributed by atoms with Crippen molar-refractivity contribution in [2.24, 2.45) is 0 Å². The molecule has 2 N–H and O–H groups in total. The molecule has 0 saturated carbocycles. The third-order valence-electron chi connectivity index (χ3n) is 3.93. The SMILES string of the molecule is OC1C(c2cccnc2)=CNN1c1cc(N2CC(F)(F)C2)ncn1. The van der Waals surface area contributed by atoms with E-state index in [-0.39, 0.29) is 13.1 Å². The van der Waals surface area contributed by atoms with E-state index in [0.29, 0.717) is 17.2 Å². The minimum absolute atomic E-state index is 0.362. The predicted molar refractivity (Wildman–Crippen MR) is 83.0 cm³/mol. The molecule has 1 unspecified atom stereocenters. The maximum Gasteiger partial charge on any atom is 0.282 e. The summed E-state index contributed by atoms with van der Waals surface area (Å²) in [4.78, 5) is 13.6. The average Bonchev–Trinajstić information content (AvgIpc) is 2.95. The minimum Gasteiger partial charge on any atom is -0.368 e. The fourth-order valence-electron chi connectivity index (χ4n) is 2.70. The summed E-state index contributed by atoms with van der Waals surface area (Å²) in [5.41, 5.74) is 4.34. The number of aliphatic hydroxyl groups excluding tert-OH is 1. The van der Waals surface area contributed by atoms with Gasteiger partial charge in [-0.1, -0.05) is 6.07 Å². The number of alkyl halides is 2. The van der Waals surface area contributed by atoms with Crippen molar-refractivity contribution in [1.29, 1.82) is 0 Å². The molecule has 1 fully saturated rings. The summed E-state index contributed by atoms with van der Waals surface area (Å²) in [5, 5.41) is 11.9. The van der Waals surface area contributed by atoms with Crippen LogP contribution in [0.25, 0.3) is 5.57 Å². The average molecular weight is 332 g/mol. The summed E-state index contributed by atoms with van der Waals surface area (Å²) in [6.45, 7) is -0.725. The van der Waals surface area contributed by atoms with Crippen LogP contribution in [0.3, 0.4) is 0 Å². The van der Waals surface area contributed by atoms with Crippen molar-refractivity contribution < 1.29 is 13.9 Å². The molecule has 0 aliphatic carbocycles. The van der Waals surface area contributed by atoms with Crippen LogP contribution in [0.1, 0.15) is 5.56 Å². The van der Waals surface area contributed by atoms with E-state index >= 15 is 0 Å². The molecule has 124 valence electrons. The molecule has 7 nitrogen and oxygen atoms in total. The summed E-state index contributed by atoms with van der Waals surface area (Å²) >= 11 is 0. The molecule has 4 heterocycles.